The molecule has 34 heavy (non-hydrogen) atoms. The summed E-state index contributed by atoms with van der Waals surface area (Å²) in [7, 11) is 0. The lowest BCUT2D eigenvalue weighted by atomic mass is 9.83. The molecule has 168 valence electrons. The maximum absolute atomic E-state index is 13.7. The van der Waals surface area contributed by atoms with E-state index >= 15 is 0 Å². The summed E-state index contributed by atoms with van der Waals surface area (Å²) in [5, 5.41) is 6.02. The Morgan fingerprint density at radius 3 is 2.12 bits per heavy atom. The summed E-state index contributed by atoms with van der Waals surface area (Å²) in [6.45, 7) is 0. The van der Waals surface area contributed by atoms with E-state index in [9.17, 15) is 23.2 Å². The number of rotatable bonds is 3. The Hall–Kier alpha value is -4.20. The lowest BCUT2D eigenvalue weighted by Crippen LogP contribution is -2.44. The predicted molar refractivity (Wildman–Crippen MR) is 119 cm³/mol. The monoisotopic (exact) mass is 457 g/mol. The highest BCUT2D eigenvalue weighted by molar-refractivity contribution is 6.24. The zero-order valence-corrected chi connectivity index (χ0v) is 17.6. The molecule has 0 N–H and O–H groups in total. The van der Waals surface area contributed by atoms with Gasteiger partial charge >= 0.3 is 0 Å². The van der Waals surface area contributed by atoms with Crippen molar-refractivity contribution in [1.29, 1.82) is 0 Å². The predicted octanol–water partition coefficient (Wildman–Crippen LogP) is 3.73. The molecule has 3 aliphatic rings. The van der Waals surface area contributed by atoms with Crippen LogP contribution in [0.1, 0.15) is 27.5 Å². The van der Waals surface area contributed by atoms with E-state index in [-0.39, 0.29) is 11.3 Å². The first kappa shape index (κ1) is 20.4. The molecular weight excluding hydrogens is 440 g/mol. The number of hydrogen-bond acceptors (Lipinski definition) is 5. The number of Topliss-reactive ketones (excluding diaryl/α,β-unsaturated/α-hetero) is 1. The Kier molecular flexibility index (Phi) is 4.45. The summed E-state index contributed by atoms with van der Waals surface area (Å²) in [6, 6.07) is 15.9. The SMILES string of the molecule is O=C(c1ccc(F)cc1)[C@H]1[C@H]2C(=O)N(c3ccc(F)cc3)C(=O)[C@H]2[C@H]2c3ccccc3C=NN21. The maximum Gasteiger partial charge on any atom is 0.240 e. The van der Waals surface area contributed by atoms with Crippen LogP contribution in [0.15, 0.2) is 77.9 Å². The normalized spacial score (nSPS) is 24.8. The van der Waals surface area contributed by atoms with E-state index in [4.69, 9.17) is 0 Å². The van der Waals surface area contributed by atoms with Gasteiger partial charge in [0, 0.05) is 5.56 Å². The van der Waals surface area contributed by atoms with Gasteiger partial charge in [-0.2, -0.15) is 5.10 Å². The first-order valence-electron chi connectivity index (χ1n) is 10.8. The van der Waals surface area contributed by atoms with Gasteiger partial charge in [0.2, 0.25) is 11.8 Å². The molecule has 0 spiro atoms. The topological polar surface area (TPSA) is 70.0 Å². The zero-order chi connectivity index (χ0) is 23.6. The van der Waals surface area contributed by atoms with E-state index < -0.39 is 53.2 Å². The van der Waals surface area contributed by atoms with Crippen molar-refractivity contribution < 1.29 is 23.2 Å². The second kappa shape index (κ2) is 7.41. The van der Waals surface area contributed by atoms with Gasteiger partial charge in [0.25, 0.3) is 0 Å². The van der Waals surface area contributed by atoms with Crippen molar-refractivity contribution in [2.45, 2.75) is 12.1 Å². The van der Waals surface area contributed by atoms with Crippen LogP contribution in [-0.4, -0.2) is 34.9 Å². The quantitative estimate of drug-likeness (QED) is 0.444. The number of carbonyl (C=O) groups is 3. The molecule has 0 unspecified atom stereocenters. The third-order valence-corrected chi connectivity index (χ3v) is 6.78. The van der Waals surface area contributed by atoms with Crippen molar-refractivity contribution in [3.8, 4) is 0 Å². The fourth-order valence-corrected chi connectivity index (χ4v) is 5.30. The van der Waals surface area contributed by atoms with Crippen LogP contribution in [0.3, 0.4) is 0 Å². The van der Waals surface area contributed by atoms with E-state index in [1.165, 1.54) is 48.5 Å². The van der Waals surface area contributed by atoms with Gasteiger partial charge in [-0.05, 0) is 59.7 Å². The number of imide groups is 1. The largest absolute Gasteiger partial charge is 0.292 e. The first-order chi connectivity index (χ1) is 16.5. The van der Waals surface area contributed by atoms with Gasteiger partial charge in [-0.25, -0.2) is 13.7 Å². The van der Waals surface area contributed by atoms with Crippen LogP contribution in [0.5, 0.6) is 0 Å². The second-order valence-electron chi connectivity index (χ2n) is 8.55. The number of nitrogens with zero attached hydrogens (tertiary/aromatic N) is 3. The summed E-state index contributed by atoms with van der Waals surface area (Å²) >= 11 is 0. The molecule has 2 saturated heterocycles. The van der Waals surface area contributed by atoms with Gasteiger partial charge < -0.3 is 0 Å². The maximum atomic E-state index is 13.7. The smallest absolute Gasteiger partial charge is 0.240 e. The van der Waals surface area contributed by atoms with E-state index in [1.807, 2.05) is 24.3 Å². The number of halogens is 2. The molecule has 0 aromatic heterocycles. The highest BCUT2D eigenvalue weighted by Crippen LogP contribution is 2.53. The number of ketones is 1. The number of benzene rings is 3. The fourth-order valence-electron chi connectivity index (χ4n) is 5.30. The molecule has 2 fully saturated rings. The molecule has 0 radical (unpaired) electrons. The van der Waals surface area contributed by atoms with Crippen molar-refractivity contribution in [3.63, 3.8) is 0 Å². The molecule has 4 atom stereocenters. The summed E-state index contributed by atoms with van der Waals surface area (Å²) < 4.78 is 27.0. The minimum absolute atomic E-state index is 0.223. The number of hydrazone groups is 1. The summed E-state index contributed by atoms with van der Waals surface area (Å²) in [6.07, 6.45) is 1.62. The first-order valence-corrected chi connectivity index (χ1v) is 10.8. The van der Waals surface area contributed by atoms with E-state index in [0.29, 0.717) is 0 Å². The molecule has 6 nitrogen and oxygen atoms in total. The van der Waals surface area contributed by atoms with Gasteiger partial charge in [-0.1, -0.05) is 24.3 Å². The molecule has 6 rings (SSSR count). The second-order valence-corrected chi connectivity index (χ2v) is 8.55. The van der Waals surface area contributed by atoms with Gasteiger partial charge in [0.1, 0.15) is 17.7 Å². The molecule has 0 saturated carbocycles. The molecule has 8 heteroatoms. The Morgan fingerprint density at radius 1 is 0.794 bits per heavy atom. The highest BCUT2D eigenvalue weighted by Gasteiger charge is 2.65. The summed E-state index contributed by atoms with van der Waals surface area (Å²) in [4.78, 5) is 42.0. The Balaban J connectivity index is 1.49. The van der Waals surface area contributed by atoms with Crippen LogP contribution in [0.4, 0.5) is 14.5 Å². The summed E-state index contributed by atoms with van der Waals surface area (Å²) in [5.74, 6) is -4.25. The van der Waals surface area contributed by atoms with Crippen LogP contribution in [-0.2, 0) is 9.59 Å². The van der Waals surface area contributed by atoms with Gasteiger partial charge in [-0.3, -0.25) is 19.4 Å². The van der Waals surface area contributed by atoms with Crippen LogP contribution in [0.25, 0.3) is 0 Å². The van der Waals surface area contributed by atoms with E-state index in [2.05, 4.69) is 5.10 Å². The van der Waals surface area contributed by atoms with Crippen LogP contribution >= 0.6 is 0 Å². The molecule has 3 aliphatic heterocycles. The Labute approximate surface area is 193 Å². The molecule has 3 aromatic rings. The minimum atomic E-state index is -1.05. The van der Waals surface area contributed by atoms with Gasteiger partial charge in [0.15, 0.2) is 5.78 Å². The van der Waals surface area contributed by atoms with Crippen LogP contribution in [0.2, 0.25) is 0 Å². The van der Waals surface area contributed by atoms with Crippen molar-refractivity contribution in [2.75, 3.05) is 4.90 Å². The van der Waals surface area contributed by atoms with Crippen LogP contribution in [0, 0.1) is 23.5 Å². The third-order valence-electron chi connectivity index (χ3n) is 6.78. The van der Waals surface area contributed by atoms with Gasteiger partial charge in [-0.15, -0.1) is 0 Å². The number of carbonyl (C=O) groups excluding carboxylic acids is 3. The van der Waals surface area contributed by atoms with Crippen molar-refractivity contribution in [1.82, 2.24) is 5.01 Å². The number of amides is 2. The van der Waals surface area contributed by atoms with E-state index in [0.717, 1.165) is 16.0 Å². The number of fused-ring (bicyclic) bond motifs is 5. The van der Waals surface area contributed by atoms with Crippen LogP contribution < -0.4 is 4.90 Å². The third kappa shape index (κ3) is 2.84. The van der Waals surface area contributed by atoms with Crippen molar-refractivity contribution in [3.05, 3.63) is 101 Å². The van der Waals surface area contributed by atoms with Gasteiger partial charge in [0.05, 0.1) is 29.8 Å². The molecular formula is C26H17F2N3O3. The molecule has 3 heterocycles. The Bertz CT molecular complexity index is 1370. The minimum Gasteiger partial charge on any atom is -0.292 e. The van der Waals surface area contributed by atoms with Crippen molar-refractivity contribution in [2.24, 2.45) is 16.9 Å². The standard InChI is InChI=1S/C26H17F2N3O3/c27-16-7-5-14(6-8-16)24(32)23-21-20(22-19-4-2-1-3-15(19)13-29-31(22)23)25(33)30(26(21)34)18-11-9-17(28)10-12-18/h1-13,20-23H/t20-,21+,22-,23-/m1/s1. The molecule has 0 bridgehead atoms. The molecule has 0 aliphatic carbocycles. The lowest BCUT2D eigenvalue weighted by molar-refractivity contribution is -0.124. The van der Waals surface area contributed by atoms with E-state index in [1.54, 1.807) is 11.2 Å². The average molecular weight is 457 g/mol. The lowest BCUT2D eigenvalue weighted by Gasteiger charge is -2.33. The average Bonchev–Trinajstić information content (AvgIpc) is 3.32. The number of anilines is 1. The molecule has 3 aromatic carbocycles. The van der Waals surface area contributed by atoms with Crippen molar-refractivity contribution >= 4 is 29.5 Å². The number of hydrogen-bond donors (Lipinski definition) is 0. The summed E-state index contributed by atoms with van der Waals surface area (Å²) in [5.41, 5.74) is 2.07. The molecule has 2 amide bonds. The Morgan fingerprint density at radius 2 is 1.41 bits per heavy atom. The zero-order valence-electron chi connectivity index (χ0n) is 17.6. The highest BCUT2D eigenvalue weighted by atomic mass is 19.1. The fraction of sp³-hybridized carbons (Fsp3) is 0.154.